The summed E-state index contributed by atoms with van der Waals surface area (Å²) in [6.07, 6.45) is 4.90. The van der Waals surface area contributed by atoms with Crippen molar-refractivity contribution < 1.29 is 8.78 Å². The van der Waals surface area contributed by atoms with Gasteiger partial charge in [-0.2, -0.15) is 0 Å². The molecule has 0 aliphatic carbocycles. The zero-order valence-corrected chi connectivity index (χ0v) is 11.2. The first kappa shape index (κ1) is 19.8. The fraction of sp³-hybridized carbons (Fsp3) is 0.692. The van der Waals surface area contributed by atoms with Gasteiger partial charge in [0.25, 0.3) is 0 Å². The van der Waals surface area contributed by atoms with Crippen LogP contribution < -0.4 is 0 Å². The van der Waals surface area contributed by atoms with Gasteiger partial charge in [-0.3, -0.25) is 0 Å². The summed E-state index contributed by atoms with van der Waals surface area (Å²) in [6, 6.07) is 0. The summed E-state index contributed by atoms with van der Waals surface area (Å²) in [5, 5.41) is 0. The predicted octanol–water partition coefficient (Wildman–Crippen LogP) is 5.61. The van der Waals surface area contributed by atoms with Gasteiger partial charge >= 0.3 is 0 Å². The molecule has 0 N–H and O–H groups in total. The molecule has 15 heavy (non-hydrogen) atoms. The van der Waals surface area contributed by atoms with Crippen LogP contribution in [-0.2, 0) is 0 Å². The number of hydrogen-bond acceptors (Lipinski definition) is 0. The van der Waals surface area contributed by atoms with Crippen LogP contribution in [0.2, 0.25) is 0 Å². The van der Waals surface area contributed by atoms with E-state index in [9.17, 15) is 8.78 Å². The van der Waals surface area contributed by atoms with Gasteiger partial charge in [-0.1, -0.05) is 51.5 Å². The maximum Gasteiger partial charge on any atom is 0.248 e. The minimum atomic E-state index is -2.58. The third-order valence-corrected chi connectivity index (χ3v) is 1.31. The van der Waals surface area contributed by atoms with Crippen LogP contribution in [0, 0.1) is 0 Å². The van der Waals surface area contributed by atoms with E-state index < -0.39 is 5.92 Å². The Labute approximate surface area is 94.1 Å². The summed E-state index contributed by atoms with van der Waals surface area (Å²) in [6.45, 7) is 12.7. The lowest BCUT2D eigenvalue weighted by atomic mass is 10.2. The van der Waals surface area contributed by atoms with E-state index in [4.69, 9.17) is 0 Å². The van der Waals surface area contributed by atoms with Crippen molar-refractivity contribution in [2.45, 2.75) is 60.8 Å². The lowest BCUT2D eigenvalue weighted by Crippen LogP contribution is -2.06. The Balaban J connectivity index is -0.000000318. The highest BCUT2D eigenvalue weighted by Crippen LogP contribution is 2.17. The Hall–Kier alpha value is -0.660. The van der Waals surface area contributed by atoms with Crippen LogP contribution in [0.5, 0.6) is 0 Å². The van der Waals surface area contributed by atoms with Gasteiger partial charge in [0.1, 0.15) is 0 Å². The molecule has 92 valence electrons. The maximum atomic E-state index is 12.2. The third-order valence-electron chi connectivity index (χ3n) is 1.31. The standard InChI is InChI=1S/C9H14F2.2C2H6/c1-4-8(2)6-5-7-9(3,10)11;2*1-2/h4-6H,7H2,1-3H3;2*1-2H3/b6-5-,8-4-;;. The number of alkyl halides is 2. The van der Waals surface area contributed by atoms with Crippen molar-refractivity contribution in [2.75, 3.05) is 0 Å². The summed E-state index contributed by atoms with van der Waals surface area (Å²) in [7, 11) is 0. The van der Waals surface area contributed by atoms with E-state index in [1.807, 2.05) is 47.6 Å². The monoisotopic (exact) mass is 220 g/mol. The van der Waals surface area contributed by atoms with Crippen LogP contribution in [0.25, 0.3) is 0 Å². The van der Waals surface area contributed by atoms with Gasteiger partial charge in [0, 0.05) is 6.42 Å². The molecule has 0 aliphatic heterocycles. The van der Waals surface area contributed by atoms with Crippen molar-refractivity contribution in [3.05, 3.63) is 23.8 Å². The molecule has 0 amide bonds. The Morgan fingerprint density at radius 3 is 1.80 bits per heavy atom. The predicted molar refractivity (Wildman–Crippen MR) is 66.5 cm³/mol. The highest BCUT2D eigenvalue weighted by atomic mass is 19.3. The second-order valence-electron chi connectivity index (χ2n) is 2.71. The molecule has 0 saturated heterocycles. The molecule has 0 aromatic heterocycles. The van der Waals surface area contributed by atoms with Crippen LogP contribution in [0.15, 0.2) is 23.8 Å². The van der Waals surface area contributed by atoms with E-state index >= 15 is 0 Å². The second-order valence-corrected chi connectivity index (χ2v) is 2.71. The highest BCUT2D eigenvalue weighted by Gasteiger charge is 2.17. The fourth-order valence-electron chi connectivity index (χ4n) is 0.548. The first-order chi connectivity index (χ1) is 6.95. The number of halogens is 2. The van der Waals surface area contributed by atoms with Crippen LogP contribution in [0.4, 0.5) is 8.78 Å². The van der Waals surface area contributed by atoms with Gasteiger partial charge in [0.15, 0.2) is 0 Å². The van der Waals surface area contributed by atoms with Crippen molar-refractivity contribution >= 4 is 0 Å². The average molecular weight is 220 g/mol. The first-order valence-electron chi connectivity index (χ1n) is 5.63. The van der Waals surface area contributed by atoms with E-state index in [1.165, 1.54) is 6.08 Å². The van der Waals surface area contributed by atoms with Crippen molar-refractivity contribution in [1.82, 2.24) is 0 Å². The van der Waals surface area contributed by atoms with Crippen molar-refractivity contribution in [3.63, 3.8) is 0 Å². The molecule has 0 spiro atoms. The maximum absolute atomic E-state index is 12.2. The molecule has 0 unspecified atom stereocenters. The molecule has 0 nitrogen and oxygen atoms in total. The van der Waals surface area contributed by atoms with Crippen molar-refractivity contribution in [1.29, 1.82) is 0 Å². The van der Waals surface area contributed by atoms with Crippen LogP contribution in [0.3, 0.4) is 0 Å². The Bertz CT molecular complexity index is 162. The minimum Gasteiger partial charge on any atom is -0.207 e. The molecule has 2 heteroatoms. The molecular formula is C13H26F2. The minimum absolute atomic E-state index is 0.182. The van der Waals surface area contributed by atoms with Gasteiger partial charge in [-0.25, -0.2) is 8.78 Å². The summed E-state index contributed by atoms with van der Waals surface area (Å²) in [5.74, 6) is -2.58. The Morgan fingerprint density at radius 1 is 1.13 bits per heavy atom. The van der Waals surface area contributed by atoms with Gasteiger partial charge in [0.05, 0.1) is 0 Å². The topological polar surface area (TPSA) is 0 Å². The van der Waals surface area contributed by atoms with E-state index in [0.29, 0.717) is 0 Å². The molecule has 0 heterocycles. The van der Waals surface area contributed by atoms with E-state index in [2.05, 4.69) is 0 Å². The molecule has 0 aromatic carbocycles. The fourth-order valence-corrected chi connectivity index (χ4v) is 0.548. The molecule has 0 aliphatic rings. The molecular weight excluding hydrogens is 194 g/mol. The molecule has 0 bridgehead atoms. The Morgan fingerprint density at radius 2 is 1.53 bits per heavy atom. The quantitative estimate of drug-likeness (QED) is 0.542. The molecule has 0 aromatic rings. The van der Waals surface area contributed by atoms with Gasteiger partial charge in [-0.15, -0.1) is 0 Å². The second kappa shape index (κ2) is 13.3. The van der Waals surface area contributed by atoms with Crippen LogP contribution >= 0.6 is 0 Å². The van der Waals surface area contributed by atoms with Gasteiger partial charge < -0.3 is 0 Å². The largest absolute Gasteiger partial charge is 0.248 e. The zero-order valence-electron chi connectivity index (χ0n) is 11.2. The van der Waals surface area contributed by atoms with E-state index in [-0.39, 0.29) is 6.42 Å². The van der Waals surface area contributed by atoms with Crippen LogP contribution in [0.1, 0.15) is 54.9 Å². The number of hydrogen-bond donors (Lipinski definition) is 0. The number of allylic oxidation sites excluding steroid dienone is 4. The van der Waals surface area contributed by atoms with E-state index in [1.54, 1.807) is 6.08 Å². The highest BCUT2D eigenvalue weighted by molar-refractivity contribution is 5.14. The average Bonchev–Trinajstić information content (AvgIpc) is 2.22. The summed E-state index contributed by atoms with van der Waals surface area (Å²) in [4.78, 5) is 0. The van der Waals surface area contributed by atoms with Gasteiger partial charge in [-0.05, 0) is 20.8 Å². The molecule has 0 radical (unpaired) electrons. The lowest BCUT2D eigenvalue weighted by molar-refractivity contribution is 0.0255. The lowest BCUT2D eigenvalue weighted by Gasteiger charge is -2.04. The summed E-state index contributed by atoms with van der Waals surface area (Å²) < 4.78 is 24.4. The smallest absolute Gasteiger partial charge is 0.207 e. The number of rotatable bonds is 3. The molecule has 0 saturated carbocycles. The molecule has 0 rings (SSSR count). The van der Waals surface area contributed by atoms with Crippen molar-refractivity contribution in [2.24, 2.45) is 0 Å². The summed E-state index contributed by atoms with van der Waals surface area (Å²) in [5.41, 5.74) is 1.01. The molecule has 0 atom stereocenters. The van der Waals surface area contributed by atoms with Crippen LogP contribution in [-0.4, -0.2) is 5.92 Å². The van der Waals surface area contributed by atoms with E-state index in [0.717, 1.165) is 12.5 Å². The molecule has 0 fully saturated rings. The Kier molecular flexibility index (Phi) is 17.6. The summed E-state index contributed by atoms with van der Waals surface area (Å²) >= 11 is 0. The third kappa shape index (κ3) is 24.7. The van der Waals surface area contributed by atoms with Crippen molar-refractivity contribution in [3.8, 4) is 0 Å². The zero-order chi connectivity index (χ0) is 12.9. The normalized spacial score (nSPS) is 11.4. The first-order valence-corrected chi connectivity index (χ1v) is 5.63. The van der Waals surface area contributed by atoms with Gasteiger partial charge in [0.2, 0.25) is 5.92 Å². The SMILES string of the molecule is C/C=C(C)\C=C/CC(C)(F)F.CC.CC.